The first-order valence-corrected chi connectivity index (χ1v) is 7.97. The molecule has 2 rings (SSSR count). The van der Waals surface area contributed by atoms with E-state index in [1.54, 1.807) is 24.9 Å². The zero-order valence-corrected chi connectivity index (χ0v) is 13.2. The van der Waals surface area contributed by atoms with Crippen LogP contribution >= 0.6 is 23.4 Å². The molecule has 110 valence electrons. The number of thioether (sulfide) groups is 1. The largest absolute Gasteiger partial charge is 0.497 e. The van der Waals surface area contributed by atoms with Crippen molar-refractivity contribution in [1.82, 2.24) is 0 Å². The Hall–Kier alpha value is -1.65. The van der Waals surface area contributed by atoms with Crippen molar-refractivity contribution in [1.29, 1.82) is 0 Å². The highest BCUT2D eigenvalue weighted by molar-refractivity contribution is 7.99. The SMILES string of the molecule is COc1cccc(NC(=O)CSCc2ccc(Cl)cc2)c1. The van der Waals surface area contributed by atoms with E-state index in [1.165, 1.54) is 0 Å². The van der Waals surface area contributed by atoms with E-state index in [0.29, 0.717) is 5.75 Å². The molecule has 2 aromatic carbocycles. The molecule has 0 saturated carbocycles. The number of amides is 1. The van der Waals surface area contributed by atoms with Gasteiger partial charge in [0.25, 0.3) is 0 Å². The summed E-state index contributed by atoms with van der Waals surface area (Å²) < 4.78 is 5.12. The predicted octanol–water partition coefficient (Wildman–Crippen LogP) is 4.22. The summed E-state index contributed by atoms with van der Waals surface area (Å²) in [6, 6.07) is 15.0. The summed E-state index contributed by atoms with van der Waals surface area (Å²) in [6.07, 6.45) is 0. The van der Waals surface area contributed by atoms with Gasteiger partial charge in [-0.05, 0) is 29.8 Å². The van der Waals surface area contributed by atoms with Gasteiger partial charge in [0.15, 0.2) is 0 Å². The minimum atomic E-state index is -0.0257. The summed E-state index contributed by atoms with van der Waals surface area (Å²) >= 11 is 7.39. The van der Waals surface area contributed by atoms with Crippen molar-refractivity contribution >= 4 is 35.0 Å². The molecule has 0 radical (unpaired) electrons. The number of anilines is 1. The van der Waals surface area contributed by atoms with E-state index in [4.69, 9.17) is 16.3 Å². The Balaban J connectivity index is 1.78. The summed E-state index contributed by atoms with van der Waals surface area (Å²) in [7, 11) is 1.60. The van der Waals surface area contributed by atoms with Gasteiger partial charge in [0.1, 0.15) is 5.75 Å². The maximum Gasteiger partial charge on any atom is 0.234 e. The standard InChI is InChI=1S/C16H16ClNO2S/c1-20-15-4-2-3-14(9-15)18-16(19)11-21-10-12-5-7-13(17)8-6-12/h2-9H,10-11H2,1H3,(H,18,19). The summed E-state index contributed by atoms with van der Waals surface area (Å²) in [6.45, 7) is 0. The van der Waals surface area contributed by atoms with Crippen LogP contribution in [0.1, 0.15) is 5.56 Å². The number of hydrogen-bond donors (Lipinski definition) is 1. The molecule has 0 atom stereocenters. The number of hydrogen-bond acceptors (Lipinski definition) is 3. The van der Waals surface area contributed by atoms with Crippen molar-refractivity contribution in [2.75, 3.05) is 18.2 Å². The van der Waals surface area contributed by atoms with Gasteiger partial charge in [0, 0.05) is 22.5 Å². The Kier molecular flexibility index (Phi) is 5.96. The highest BCUT2D eigenvalue weighted by Crippen LogP contribution is 2.18. The van der Waals surface area contributed by atoms with Crippen molar-refractivity contribution in [3.63, 3.8) is 0 Å². The van der Waals surface area contributed by atoms with E-state index >= 15 is 0 Å². The highest BCUT2D eigenvalue weighted by atomic mass is 35.5. The van der Waals surface area contributed by atoms with Crippen LogP contribution in [-0.2, 0) is 10.5 Å². The quantitative estimate of drug-likeness (QED) is 0.865. The number of rotatable bonds is 6. The first-order valence-electron chi connectivity index (χ1n) is 6.43. The molecule has 0 fully saturated rings. The molecule has 0 spiro atoms. The molecule has 0 aromatic heterocycles. The maximum absolute atomic E-state index is 11.9. The second-order valence-corrected chi connectivity index (χ2v) is 5.82. The Morgan fingerprint density at radius 3 is 2.71 bits per heavy atom. The fraction of sp³-hybridized carbons (Fsp3) is 0.188. The molecule has 1 amide bonds. The predicted molar refractivity (Wildman–Crippen MR) is 89.2 cm³/mol. The van der Waals surface area contributed by atoms with Crippen LogP contribution in [0.2, 0.25) is 5.02 Å². The lowest BCUT2D eigenvalue weighted by atomic mass is 10.2. The number of benzene rings is 2. The van der Waals surface area contributed by atoms with E-state index in [0.717, 1.165) is 27.8 Å². The van der Waals surface area contributed by atoms with Crippen LogP contribution in [0.15, 0.2) is 48.5 Å². The Bertz CT molecular complexity index is 601. The normalized spacial score (nSPS) is 10.2. The van der Waals surface area contributed by atoms with Crippen molar-refractivity contribution in [2.45, 2.75) is 5.75 Å². The van der Waals surface area contributed by atoms with Gasteiger partial charge in [0.05, 0.1) is 12.9 Å². The Morgan fingerprint density at radius 2 is 2.00 bits per heavy atom. The highest BCUT2D eigenvalue weighted by Gasteiger charge is 2.04. The van der Waals surface area contributed by atoms with Gasteiger partial charge in [-0.2, -0.15) is 0 Å². The van der Waals surface area contributed by atoms with Gasteiger partial charge in [-0.15, -0.1) is 11.8 Å². The minimum absolute atomic E-state index is 0.0257. The number of ether oxygens (including phenoxy) is 1. The number of nitrogens with one attached hydrogen (secondary N) is 1. The van der Waals surface area contributed by atoms with Gasteiger partial charge in [-0.1, -0.05) is 29.8 Å². The number of carbonyl (C=O) groups is 1. The van der Waals surface area contributed by atoms with E-state index in [1.807, 2.05) is 42.5 Å². The van der Waals surface area contributed by atoms with Crippen LogP contribution in [0.5, 0.6) is 5.75 Å². The average Bonchev–Trinajstić information content (AvgIpc) is 2.49. The van der Waals surface area contributed by atoms with Gasteiger partial charge in [0.2, 0.25) is 5.91 Å². The van der Waals surface area contributed by atoms with Crippen LogP contribution in [0, 0.1) is 0 Å². The fourth-order valence-corrected chi connectivity index (χ4v) is 2.65. The van der Waals surface area contributed by atoms with E-state index in [-0.39, 0.29) is 5.91 Å². The average molecular weight is 322 g/mol. The fourth-order valence-electron chi connectivity index (χ4n) is 1.74. The monoisotopic (exact) mass is 321 g/mol. The van der Waals surface area contributed by atoms with Gasteiger partial charge in [-0.3, -0.25) is 4.79 Å². The lowest BCUT2D eigenvalue weighted by Crippen LogP contribution is -2.14. The molecule has 1 N–H and O–H groups in total. The molecule has 0 saturated heterocycles. The summed E-state index contributed by atoms with van der Waals surface area (Å²) in [5.74, 6) is 1.88. The molecule has 5 heteroatoms. The number of carbonyl (C=O) groups excluding carboxylic acids is 1. The Labute approximate surface area is 133 Å². The Morgan fingerprint density at radius 1 is 1.24 bits per heavy atom. The van der Waals surface area contributed by atoms with Crippen molar-refractivity contribution < 1.29 is 9.53 Å². The summed E-state index contributed by atoms with van der Waals surface area (Å²) in [4.78, 5) is 11.9. The van der Waals surface area contributed by atoms with Crippen LogP contribution in [-0.4, -0.2) is 18.8 Å². The molecule has 0 unspecified atom stereocenters. The zero-order valence-electron chi connectivity index (χ0n) is 11.6. The van der Waals surface area contributed by atoms with Crippen molar-refractivity contribution in [3.05, 3.63) is 59.1 Å². The molecule has 0 aliphatic rings. The van der Waals surface area contributed by atoms with E-state index in [2.05, 4.69) is 5.32 Å². The maximum atomic E-state index is 11.9. The van der Waals surface area contributed by atoms with Gasteiger partial charge >= 0.3 is 0 Å². The van der Waals surface area contributed by atoms with Gasteiger partial charge in [-0.25, -0.2) is 0 Å². The minimum Gasteiger partial charge on any atom is -0.497 e. The molecule has 2 aromatic rings. The van der Waals surface area contributed by atoms with Crippen LogP contribution in [0.4, 0.5) is 5.69 Å². The lowest BCUT2D eigenvalue weighted by Gasteiger charge is -2.07. The second kappa shape index (κ2) is 7.96. The van der Waals surface area contributed by atoms with Crippen molar-refractivity contribution in [2.24, 2.45) is 0 Å². The molecular weight excluding hydrogens is 306 g/mol. The number of halogens is 1. The summed E-state index contributed by atoms with van der Waals surface area (Å²) in [5.41, 5.74) is 1.89. The number of methoxy groups -OCH3 is 1. The first-order chi connectivity index (χ1) is 10.2. The lowest BCUT2D eigenvalue weighted by molar-refractivity contribution is -0.113. The summed E-state index contributed by atoms with van der Waals surface area (Å²) in [5, 5.41) is 3.57. The molecule has 0 bridgehead atoms. The molecule has 21 heavy (non-hydrogen) atoms. The van der Waals surface area contributed by atoms with Crippen LogP contribution in [0.25, 0.3) is 0 Å². The van der Waals surface area contributed by atoms with E-state index < -0.39 is 0 Å². The first kappa shape index (κ1) is 15.7. The van der Waals surface area contributed by atoms with Crippen LogP contribution < -0.4 is 10.1 Å². The van der Waals surface area contributed by atoms with Crippen molar-refractivity contribution in [3.8, 4) is 5.75 Å². The van der Waals surface area contributed by atoms with Gasteiger partial charge < -0.3 is 10.1 Å². The third-order valence-corrected chi connectivity index (χ3v) is 4.02. The topological polar surface area (TPSA) is 38.3 Å². The molecule has 0 aliphatic heterocycles. The van der Waals surface area contributed by atoms with E-state index in [9.17, 15) is 4.79 Å². The van der Waals surface area contributed by atoms with Crippen LogP contribution in [0.3, 0.4) is 0 Å². The third-order valence-electron chi connectivity index (χ3n) is 2.77. The third kappa shape index (κ3) is 5.33. The molecule has 3 nitrogen and oxygen atoms in total. The smallest absolute Gasteiger partial charge is 0.234 e. The molecule has 0 heterocycles. The molecule has 0 aliphatic carbocycles. The molecular formula is C16H16ClNO2S. The zero-order chi connectivity index (χ0) is 15.1. The second-order valence-electron chi connectivity index (χ2n) is 4.40.